The summed E-state index contributed by atoms with van der Waals surface area (Å²) in [5.41, 5.74) is 1.47. The van der Waals surface area contributed by atoms with Crippen LogP contribution < -0.4 is 0 Å². The van der Waals surface area contributed by atoms with Crippen molar-refractivity contribution >= 4 is 26.6 Å². The second-order valence-corrected chi connectivity index (χ2v) is 11.3. The molecule has 0 aliphatic heterocycles. The molecule has 0 bridgehead atoms. The molecule has 178 valence electrons. The first-order chi connectivity index (χ1) is 14.1. The van der Waals surface area contributed by atoms with Crippen LogP contribution >= 0.6 is 15.2 Å². The van der Waals surface area contributed by atoms with E-state index < -0.39 is 15.2 Å². The van der Waals surface area contributed by atoms with Gasteiger partial charge in [-0.3, -0.25) is 19.1 Å². The number of aliphatic imine (C=N–C) groups is 2. The molecule has 0 spiro atoms. The smallest absolute Gasteiger partial charge is 0.324 e. The number of hydrogen-bond donors (Lipinski definition) is 4. The van der Waals surface area contributed by atoms with E-state index in [4.69, 9.17) is 19.6 Å². The normalized spacial score (nSPS) is 13.8. The molecule has 8 nitrogen and oxygen atoms in total. The molecule has 0 amide bonds. The van der Waals surface area contributed by atoms with Gasteiger partial charge < -0.3 is 19.6 Å². The number of unbranched alkanes of at least 4 members (excludes halogenated alkanes) is 8. The number of rotatable bonds is 19. The Balaban J connectivity index is 5.21. The van der Waals surface area contributed by atoms with Crippen molar-refractivity contribution < 1.29 is 28.7 Å². The summed E-state index contributed by atoms with van der Waals surface area (Å²) in [6, 6.07) is 0. The summed E-state index contributed by atoms with van der Waals surface area (Å²) in [5.74, 6) is 0. The van der Waals surface area contributed by atoms with Gasteiger partial charge in [0.1, 0.15) is 0 Å². The van der Waals surface area contributed by atoms with E-state index in [2.05, 4.69) is 23.8 Å². The molecule has 0 rings (SSSR count). The Kier molecular flexibility index (Phi) is 17.0. The van der Waals surface area contributed by atoms with Gasteiger partial charge in [0.2, 0.25) is 0 Å². The van der Waals surface area contributed by atoms with Gasteiger partial charge in [-0.25, -0.2) is 0 Å². The minimum absolute atomic E-state index is 0.0297. The zero-order chi connectivity index (χ0) is 22.9. The van der Waals surface area contributed by atoms with Gasteiger partial charge in [0.25, 0.3) is 0 Å². The highest BCUT2D eigenvalue weighted by Crippen LogP contribution is 2.34. The molecule has 10 heteroatoms. The molecule has 0 aliphatic rings. The molecule has 0 aliphatic carbocycles. The van der Waals surface area contributed by atoms with E-state index in [1.54, 1.807) is 0 Å². The maximum absolute atomic E-state index is 11.2. The summed E-state index contributed by atoms with van der Waals surface area (Å²) >= 11 is 0. The van der Waals surface area contributed by atoms with Crippen LogP contribution in [0.5, 0.6) is 0 Å². The van der Waals surface area contributed by atoms with Crippen molar-refractivity contribution in [2.24, 2.45) is 9.98 Å². The predicted molar refractivity (Wildman–Crippen MR) is 125 cm³/mol. The zero-order valence-corrected chi connectivity index (χ0v) is 20.5. The largest absolute Gasteiger partial charge is 0.327 e. The van der Waals surface area contributed by atoms with Crippen LogP contribution in [0.4, 0.5) is 0 Å². The number of hydrogen-bond acceptors (Lipinski definition) is 4. The summed E-state index contributed by atoms with van der Waals surface area (Å²) in [6.07, 6.45) is 11.6. The first-order valence-corrected chi connectivity index (χ1v) is 14.8. The van der Waals surface area contributed by atoms with Crippen molar-refractivity contribution in [3.63, 3.8) is 0 Å². The van der Waals surface area contributed by atoms with Crippen LogP contribution in [0.1, 0.15) is 90.9 Å². The van der Waals surface area contributed by atoms with Crippen molar-refractivity contribution in [1.82, 2.24) is 0 Å². The predicted octanol–water partition coefficient (Wildman–Crippen LogP) is 4.94. The van der Waals surface area contributed by atoms with Gasteiger partial charge in [0, 0.05) is 0 Å². The second-order valence-electron chi connectivity index (χ2n) is 7.76. The highest BCUT2D eigenvalue weighted by atomic mass is 31.2. The lowest BCUT2D eigenvalue weighted by Gasteiger charge is -2.12. The summed E-state index contributed by atoms with van der Waals surface area (Å²) < 4.78 is 22.4. The van der Waals surface area contributed by atoms with Gasteiger partial charge in [-0.2, -0.15) is 0 Å². The van der Waals surface area contributed by atoms with Crippen molar-refractivity contribution in [2.75, 3.05) is 25.4 Å². The van der Waals surface area contributed by atoms with Gasteiger partial charge in [-0.15, -0.1) is 0 Å². The van der Waals surface area contributed by atoms with Crippen LogP contribution in [-0.2, 0) is 9.13 Å². The summed E-state index contributed by atoms with van der Waals surface area (Å²) in [5, 5.41) is 0. The van der Waals surface area contributed by atoms with E-state index in [9.17, 15) is 9.13 Å². The fourth-order valence-electron chi connectivity index (χ4n) is 3.05. The Morgan fingerprint density at radius 1 is 0.600 bits per heavy atom. The lowest BCUT2D eigenvalue weighted by molar-refractivity contribution is 0.371. The summed E-state index contributed by atoms with van der Waals surface area (Å²) in [7, 11) is -8.24. The molecule has 0 aromatic carbocycles. The third-order valence-electron chi connectivity index (χ3n) is 4.76. The van der Waals surface area contributed by atoms with Crippen molar-refractivity contribution in [1.29, 1.82) is 0 Å². The number of nitrogens with zero attached hydrogens (tertiary/aromatic N) is 2. The standard InChI is InChI=1S/C20H42N2O6P2/c1-3-5-7-9-11-13-19(21-15-17-29(23,24)25)20(14-12-10-8-6-4-2)22-16-18-30(26,27)28/h3-18H2,1-2H3,(H2,23,24,25)(H2,26,27,28)/b21-19+,22-20+. The Bertz CT molecular complexity index is 546. The van der Waals surface area contributed by atoms with Crippen LogP contribution in [-0.4, -0.2) is 56.4 Å². The first-order valence-electron chi connectivity index (χ1n) is 11.2. The van der Waals surface area contributed by atoms with E-state index in [-0.39, 0.29) is 25.4 Å². The van der Waals surface area contributed by atoms with Crippen molar-refractivity contribution in [3.8, 4) is 0 Å². The molecule has 30 heavy (non-hydrogen) atoms. The van der Waals surface area contributed by atoms with E-state index in [1.165, 1.54) is 12.8 Å². The fraction of sp³-hybridized carbons (Fsp3) is 0.900. The topological polar surface area (TPSA) is 140 Å². The molecule has 0 heterocycles. The third kappa shape index (κ3) is 19.6. The average Bonchev–Trinajstić information content (AvgIpc) is 2.63. The molecule has 4 N–H and O–H groups in total. The molecule has 0 aromatic heterocycles. The highest BCUT2D eigenvalue weighted by molar-refractivity contribution is 7.52. The molecule has 0 aromatic rings. The van der Waals surface area contributed by atoms with Crippen molar-refractivity contribution in [2.45, 2.75) is 90.9 Å². The van der Waals surface area contributed by atoms with Gasteiger partial charge in [0.05, 0.1) is 36.8 Å². The molecular weight excluding hydrogens is 426 g/mol. The molecule has 0 fully saturated rings. The van der Waals surface area contributed by atoms with E-state index in [0.717, 1.165) is 62.8 Å². The second kappa shape index (κ2) is 17.2. The zero-order valence-electron chi connectivity index (χ0n) is 18.7. The Morgan fingerprint density at radius 3 is 1.23 bits per heavy atom. The summed E-state index contributed by atoms with van der Waals surface area (Å²) in [6.45, 7) is 4.36. The van der Waals surface area contributed by atoms with Crippen molar-refractivity contribution in [3.05, 3.63) is 0 Å². The third-order valence-corrected chi connectivity index (χ3v) is 6.32. The summed E-state index contributed by atoms with van der Waals surface area (Å²) in [4.78, 5) is 45.4. The Labute approximate surface area is 182 Å². The van der Waals surface area contributed by atoms with E-state index in [0.29, 0.717) is 12.8 Å². The monoisotopic (exact) mass is 468 g/mol. The first kappa shape index (κ1) is 29.6. The lowest BCUT2D eigenvalue weighted by atomic mass is 10.0. The SMILES string of the molecule is CCCCCCCC(=N\CCP(=O)(O)O)/C(CCCCCCC)=N/CCP(=O)(O)O. The van der Waals surface area contributed by atoms with Crippen LogP contribution in [0.15, 0.2) is 9.98 Å². The minimum Gasteiger partial charge on any atom is -0.324 e. The van der Waals surface area contributed by atoms with Gasteiger partial charge >= 0.3 is 15.2 Å². The van der Waals surface area contributed by atoms with E-state index in [1.807, 2.05) is 0 Å². The van der Waals surface area contributed by atoms with Crippen LogP contribution in [0, 0.1) is 0 Å². The molecule has 0 atom stereocenters. The molecule has 0 radical (unpaired) electrons. The fourth-order valence-corrected chi connectivity index (χ4v) is 3.77. The molecule has 0 saturated heterocycles. The highest BCUT2D eigenvalue weighted by Gasteiger charge is 2.15. The molecule has 0 saturated carbocycles. The maximum Gasteiger partial charge on any atom is 0.327 e. The van der Waals surface area contributed by atoms with Gasteiger partial charge in [-0.1, -0.05) is 65.2 Å². The quantitative estimate of drug-likeness (QED) is 0.120. The Hall–Kier alpha value is -0.360. The lowest BCUT2D eigenvalue weighted by Crippen LogP contribution is -2.17. The molecular formula is C20H42N2O6P2. The van der Waals surface area contributed by atoms with Gasteiger partial charge in [-0.05, 0) is 25.7 Å². The van der Waals surface area contributed by atoms with E-state index >= 15 is 0 Å². The van der Waals surface area contributed by atoms with Gasteiger partial charge in [0.15, 0.2) is 0 Å². The minimum atomic E-state index is -4.12. The van der Waals surface area contributed by atoms with Crippen LogP contribution in [0.25, 0.3) is 0 Å². The average molecular weight is 469 g/mol. The Morgan fingerprint density at radius 2 is 0.933 bits per heavy atom. The van der Waals surface area contributed by atoms with Crippen LogP contribution in [0.2, 0.25) is 0 Å². The molecule has 0 unspecified atom stereocenters. The maximum atomic E-state index is 11.2. The van der Waals surface area contributed by atoms with Crippen LogP contribution in [0.3, 0.4) is 0 Å².